The van der Waals surface area contributed by atoms with Gasteiger partial charge in [0, 0.05) is 51.0 Å². The number of nitrogens with one attached hydrogen (secondary N) is 1. The monoisotopic (exact) mass is 328 g/mol. The van der Waals surface area contributed by atoms with E-state index in [9.17, 15) is 4.79 Å². The lowest BCUT2D eigenvalue weighted by Crippen LogP contribution is -2.44. The van der Waals surface area contributed by atoms with Gasteiger partial charge in [-0.15, -0.1) is 0 Å². The van der Waals surface area contributed by atoms with Crippen LogP contribution in [0.15, 0.2) is 36.9 Å². The first-order valence-electron chi connectivity index (χ1n) is 8.49. The molecule has 128 valence electrons. The Morgan fingerprint density at radius 3 is 2.92 bits per heavy atom. The van der Waals surface area contributed by atoms with Crippen LogP contribution in [-0.2, 0) is 11.3 Å². The lowest BCUT2D eigenvalue weighted by Gasteiger charge is -2.32. The number of hydrogen-bond donors (Lipinski definition) is 1. The van der Waals surface area contributed by atoms with Gasteiger partial charge in [0.05, 0.1) is 5.92 Å². The maximum absolute atomic E-state index is 12.5. The molecule has 1 aliphatic heterocycles. The molecule has 0 unspecified atom stereocenters. The van der Waals surface area contributed by atoms with E-state index in [1.165, 1.54) is 0 Å². The average Bonchev–Trinajstić information content (AvgIpc) is 3.13. The van der Waals surface area contributed by atoms with E-state index in [0.29, 0.717) is 25.0 Å². The van der Waals surface area contributed by atoms with Crippen molar-refractivity contribution in [3.63, 3.8) is 0 Å². The van der Waals surface area contributed by atoms with Gasteiger partial charge in [0.2, 0.25) is 11.9 Å². The van der Waals surface area contributed by atoms with Gasteiger partial charge in [-0.25, -0.2) is 9.97 Å². The van der Waals surface area contributed by atoms with Crippen LogP contribution < -0.4 is 10.2 Å². The third-order valence-electron chi connectivity index (χ3n) is 4.31. The quantitative estimate of drug-likeness (QED) is 0.866. The topological polar surface area (TPSA) is 75.9 Å². The number of nitrogens with zero attached hydrogens (tertiary/aromatic N) is 5. The first kappa shape index (κ1) is 16.4. The molecule has 3 heterocycles. The lowest BCUT2D eigenvalue weighted by molar-refractivity contribution is -0.125. The Kier molecular flexibility index (Phi) is 5.40. The number of rotatable bonds is 6. The Morgan fingerprint density at radius 2 is 2.17 bits per heavy atom. The summed E-state index contributed by atoms with van der Waals surface area (Å²) in [7, 11) is 0. The van der Waals surface area contributed by atoms with Crippen molar-refractivity contribution in [2.75, 3.05) is 24.5 Å². The second-order valence-corrected chi connectivity index (χ2v) is 6.41. The summed E-state index contributed by atoms with van der Waals surface area (Å²) in [5.74, 6) is 1.18. The maximum Gasteiger partial charge on any atom is 0.225 e. The van der Waals surface area contributed by atoms with Crippen molar-refractivity contribution >= 4 is 11.9 Å². The van der Waals surface area contributed by atoms with E-state index in [-0.39, 0.29) is 11.8 Å². The first-order valence-corrected chi connectivity index (χ1v) is 8.49. The van der Waals surface area contributed by atoms with E-state index in [0.717, 1.165) is 25.9 Å². The molecular weight excluding hydrogens is 304 g/mol. The Balaban J connectivity index is 1.47. The van der Waals surface area contributed by atoms with Gasteiger partial charge >= 0.3 is 0 Å². The van der Waals surface area contributed by atoms with Crippen LogP contribution in [0.5, 0.6) is 0 Å². The van der Waals surface area contributed by atoms with Crippen molar-refractivity contribution in [2.24, 2.45) is 11.8 Å². The van der Waals surface area contributed by atoms with Gasteiger partial charge < -0.3 is 10.2 Å². The highest BCUT2D eigenvalue weighted by atomic mass is 16.1. The summed E-state index contributed by atoms with van der Waals surface area (Å²) in [6, 6.07) is 3.71. The lowest BCUT2D eigenvalue weighted by atomic mass is 9.97. The largest absolute Gasteiger partial charge is 0.355 e. The first-order chi connectivity index (χ1) is 11.7. The zero-order valence-corrected chi connectivity index (χ0v) is 14.0. The molecule has 1 aliphatic rings. The summed E-state index contributed by atoms with van der Waals surface area (Å²) in [4.78, 5) is 23.2. The summed E-state index contributed by atoms with van der Waals surface area (Å²) in [6.45, 7) is 5.18. The standard InChI is InChI=1S/C17H24N6O/c1-14(12-23-10-4-8-21-23)11-20-16(24)15-5-2-9-22(13-15)17-18-6-3-7-19-17/h3-4,6-8,10,14-15H,2,5,9,11-13H2,1H3,(H,20,24)/t14-,15+/m1/s1. The molecule has 1 fully saturated rings. The summed E-state index contributed by atoms with van der Waals surface area (Å²) in [5, 5.41) is 7.29. The molecule has 2 atom stereocenters. The van der Waals surface area contributed by atoms with Gasteiger partial charge in [0.25, 0.3) is 0 Å². The predicted octanol–water partition coefficient (Wildman–Crippen LogP) is 1.34. The maximum atomic E-state index is 12.5. The molecule has 24 heavy (non-hydrogen) atoms. The number of aromatic nitrogens is 4. The molecule has 0 radical (unpaired) electrons. The molecule has 2 aromatic rings. The number of carbonyl (C=O) groups excluding carboxylic acids is 1. The van der Waals surface area contributed by atoms with Crippen molar-refractivity contribution in [3.05, 3.63) is 36.9 Å². The smallest absolute Gasteiger partial charge is 0.225 e. The van der Waals surface area contributed by atoms with Crippen molar-refractivity contribution in [1.29, 1.82) is 0 Å². The van der Waals surface area contributed by atoms with Crippen LogP contribution in [0.1, 0.15) is 19.8 Å². The molecule has 0 aliphatic carbocycles. The molecule has 1 amide bonds. The normalized spacial score (nSPS) is 19.0. The Morgan fingerprint density at radius 1 is 1.33 bits per heavy atom. The number of carbonyl (C=O) groups is 1. The van der Waals surface area contributed by atoms with E-state index in [1.54, 1.807) is 24.7 Å². The number of piperidine rings is 1. The fourth-order valence-corrected chi connectivity index (χ4v) is 3.04. The molecule has 3 rings (SSSR count). The Bertz CT molecular complexity index is 630. The third-order valence-corrected chi connectivity index (χ3v) is 4.31. The van der Waals surface area contributed by atoms with E-state index >= 15 is 0 Å². The van der Waals surface area contributed by atoms with Crippen LogP contribution in [0, 0.1) is 11.8 Å². The fourth-order valence-electron chi connectivity index (χ4n) is 3.04. The molecule has 2 aromatic heterocycles. The summed E-state index contributed by atoms with van der Waals surface area (Å²) >= 11 is 0. The van der Waals surface area contributed by atoms with E-state index in [2.05, 4.69) is 32.2 Å². The van der Waals surface area contributed by atoms with Crippen LogP contribution in [0.25, 0.3) is 0 Å². The van der Waals surface area contributed by atoms with Crippen molar-refractivity contribution in [2.45, 2.75) is 26.3 Å². The van der Waals surface area contributed by atoms with Crippen molar-refractivity contribution in [1.82, 2.24) is 25.1 Å². The number of hydrogen-bond acceptors (Lipinski definition) is 5. The second kappa shape index (κ2) is 7.90. The van der Waals surface area contributed by atoms with Gasteiger partial charge in [-0.1, -0.05) is 6.92 Å². The highest BCUT2D eigenvalue weighted by molar-refractivity contribution is 5.79. The molecular formula is C17H24N6O. The molecule has 0 spiro atoms. The zero-order valence-electron chi connectivity index (χ0n) is 14.0. The fraction of sp³-hybridized carbons (Fsp3) is 0.529. The average molecular weight is 328 g/mol. The van der Waals surface area contributed by atoms with Crippen LogP contribution in [-0.4, -0.2) is 45.3 Å². The predicted molar refractivity (Wildman–Crippen MR) is 91.4 cm³/mol. The third kappa shape index (κ3) is 4.31. The van der Waals surface area contributed by atoms with E-state index < -0.39 is 0 Å². The second-order valence-electron chi connectivity index (χ2n) is 6.41. The highest BCUT2D eigenvalue weighted by Crippen LogP contribution is 2.20. The molecule has 0 aromatic carbocycles. The van der Waals surface area contributed by atoms with Crippen molar-refractivity contribution < 1.29 is 4.79 Å². The number of amides is 1. The van der Waals surface area contributed by atoms with Gasteiger partial charge in [-0.3, -0.25) is 9.48 Å². The molecule has 0 saturated carbocycles. The summed E-state index contributed by atoms with van der Waals surface area (Å²) in [6.07, 6.45) is 9.10. The van der Waals surface area contributed by atoms with Gasteiger partial charge in [-0.05, 0) is 30.9 Å². The van der Waals surface area contributed by atoms with Crippen LogP contribution in [0.2, 0.25) is 0 Å². The van der Waals surface area contributed by atoms with Crippen LogP contribution in [0.4, 0.5) is 5.95 Å². The van der Waals surface area contributed by atoms with Gasteiger partial charge in [-0.2, -0.15) is 5.10 Å². The molecule has 7 nitrogen and oxygen atoms in total. The molecule has 1 N–H and O–H groups in total. The van der Waals surface area contributed by atoms with Gasteiger partial charge in [0.15, 0.2) is 0 Å². The molecule has 1 saturated heterocycles. The SMILES string of the molecule is C[C@H](CNC(=O)[C@H]1CCCN(c2ncccn2)C1)Cn1cccn1. The number of anilines is 1. The Hall–Kier alpha value is -2.44. The Labute approximate surface area is 142 Å². The van der Waals surface area contributed by atoms with E-state index in [1.807, 2.05) is 16.9 Å². The summed E-state index contributed by atoms with van der Waals surface area (Å²) < 4.78 is 1.89. The summed E-state index contributed by atoms with van der Waals surface area (Å²) in [5.41, 5.74) is 0. The van der Waals surface area contributed by atoms with Crippen LogP contribution in [0.3, 0.4) is 0 Å². The van der Waals surface area contributed by atoms with Crippen molar-refractivity contribution in [3.8, 4) is 0 Å². The zero-order chi connectivity index (χ0) is 16.8. The highest BCUT2D eigenvalue weighted by Gasteiger charge is 2.27. The minimum atomic E-state index is -0.000500. The molecule has 7 heteroatoms. The van der Waals surface area contributed by atoms with E-state index in [4.69, 9.17) is 0 Å². The minimum Gasteiger partial charge on any atom is -0.355 e. The van der Waals surface area contributed by atoms with Crippen LogP contribution >= 0.6 is 0 Å². The van der Waals surface area contributed by atoms with Gasteiger partial charge in [0.1, 0.15) is 0 Å². The molecule has 0 bridgehead atoms. The minimum absolute atomic E-state index is 0.000500.